The number of imidazole rings is 1. The number of H-pyrrole nitrogens is 1. The number of nitrogens with one attached hydrogen (secondary N) is 1. The van der Waals surface area contributed by atoms with Crippen molar-refractivity contribution in [2.24, 2.45) is 11.7 Å². The molecular formula is C15H23N3O2S. The van der Waals surface area contributed by atoms with Crippen LogP contribution in [0.1, 0.15) is 20.8 Å². The molecule has 116 valence electrons. The van der Waals surface area contributed by atoms with Crippen LogP contribution in [0.4, 0.5) is 0 Å². The Hall–Kier alpha value is -1.24. The van der Waals surface area contributed by atoms with Gasteiger partial charge < -0.3 is 20.6 Å². The number of thioether (sulfide) groups is 1. The molecule has 0 saturated heterocycles. The number of aromatic amines is 1. The number of nitrogens with two attached hydrogens (primary N) is 1. The van der Waals surface area contributed by atoms with Gasteiger partial charge in [-0.2, -0.15) is 0 Å². The highest BCUT2D eigenvalue weighted by atomic mass is 32.2. The fourth-order valence-electron chi connectivity index (χ4n) is 2.09. The van der Waals surface area contributed by atoms with E-state index in [1.54, 1.807) is 0 Å². The number of ether oxygens (including phenoxy) is 1. The Labute approximate surface area is 129 Å². The van der Waals surface area contributed by atoms with Gasteiger partial charge in [0.2, 0.25) is 0 Å². The van der Waals surface area contributed by atoms with Crippen LogP contribution in [0.15, 0.2) is 23.4 Å². The number of hydrogen-bond acceptors (Lipinski definition) is 5. The van der Waals surface area contributed by atoms with Gasteiger partial charge in [0.05, 0.1) is 29.5 Å². The lowest BCUT2D eigenvalue weighted by molar-refractivity contribution is 0.269. The minimum atomic E-state index is -0.0767. The van der Waals surface area contributed by atoms with E-state index in [1.165, 1.54) is 11.8 Å². The van der Waals surface area contributed by atoms with Crippen LogP contribution in [-0.4, -0.2) is 39.6 Å². The zero-order valence-electron chi connectivity index (χ0n) is 12.7. The van der Waals surface area contributed by atoms with Crippen molar-refractivity contribution in [3.8, 4) is 5.75 Å². The van der Waals surface area contributed by atoms with Crippen molar-refractivity contribution in [3.63, 3.8) is 0 Å². The predicted molar refractivity (Wildman–Crippen MR) is 86.8 cm³/mol. The van der Waals surface area contributed by atoms with E-state index in [4.69, 9.17) is 10.5 Å². The third-order valence-corrected chi connectivity index (χ3v) is 4.57. The number of benzene rings is 1. The number of aromatic nitrogens is 2. The summed E-state index contributed by atoms with van der Waals surface area (Å²) in [5.74, 6) is 1.13. The van der Waals surface area contributed by atoms with Gasteiger partial charge in [-0.15, -0.1) is 0 Å². The smallest absolute Gasteiger partial charge is 0.166 e. The average Bonchev–Trinajstić information content (AvgIpc) is 2.86. The maximum absolute atomic E-state index is 9.53. The van der Waals surface area contributed by atoms with Crippen LogP contribution >= 0.6 is 11.8 Å². The fourth-order valence-corrected chi connectivity index (χ4v) is 3.24. The van der Waals surface area contributed by atoms with Gasteiger partial charge in [-0.3, -0.25) is 0 Å². The normalized spacial score (nSPS) is 14.6. The Morgan fingerprint density at radius 2 is 2.19 bits per heavy atom. The van der Waals surface area contributed by atoms with E-state index in [9.17, 15) is 5.11 Å². The molecule has 1 heterocycles. The molecule has 0 aliphatic carbocycles. The number of rotatable bonds is 7. The Morgan fingerprint density at radius 1 is 1.43 bits per heavy atom. The van der Waals surface area contributed by atoms with Gasteiger partial charge >= 0.3 is 0 Å². The fraction of sp³-hybridized carbons (Fsp3) is 0.533. The maximum Gasteiger partial charge on any atom is 0.166 e. The van der Waals surface area contributed by atoms with E-state index in [-0.39, 0.29) is 17.9 Å². The van der Waals surface area contributed by atoms with Gasteiger partial charge in [-0.25, -0.2) is 4.98 Å². The summed E-state index contributed by atoms with van der Waals surface area (Å²) in [6.07, 6.45) is 0. The maximum atomic E-state index is 9.53. The van der Waals surface area contributed by atoms with Crippen LogP contribution in [0.2, 0.25) is 0 Å². The zero-order chi connectivity index (χ0) is 15.4. The van der Waals surface area contributed by atoms with Crippen molar-refractivity contribution in [2.45, 2.75) is 37.2 Å². The van der Waals surface area contributed by atoms with Crippen molar-refractivity contribution in [1.82, 2.24) is 9.97 Å². The summed E-state index contributed by atoms with van der Waals surface area (Å²) in [5.41, 5.74) is 7.95. The Morgan fingerprint density at radius 3 is 2.81 bits per heavy atom. The molecule has 0 aliphatic heterocycles. The summed E-state index contributed by atoms with van der Waals surface area (Å²) in [6, 6.07) is 5.70. The van der Waals surface area contributed by atoms with Crippen molar-refractivity contribution in [2.75, 3.05) is 13.2 Å². The molecule has 0 fully saturated rings. The van der Waals surface area contributed by atoms with E-state index < -0.39 is 0 Å². The first-order valence-electron chi connectivity index (χ1n) is 7.20. The quantitative estimate of drug-likeness (QED) is 0.684. The van der Waals surface area contributed by atoms with Crippen molar-refractivity contribution in [3.05, 3.63) is 18.2 Å². The van der Waals surface area contributed by atoms with Gasteiger partial charge in [0.1, 0.15) is 5.75 Å². The largest absolute Gasteiger partial charge is 0.494 e. The first-order chi connectivity index (χ1) is 10.0. The van der Waals surface area contributed by atoms with Crippen LogP contribution in [0, 0.1) is 5.92 Å². The second-order valence-corrected chi connectivity index (χ2v) is 6.54. The summed E-state index contributed by atoms with van der Waals surface area (Å²) < 4.78 is 5.48. The monoisotopic (exact) mass is 309 g/mol. The van der Waals surface area contributed by atoms with Crippen LogP contribution in [0.5, 0.6) is 5.75 Å². The van der Waals surface area contributed by atoms with Crippen molar-refractivity contribution in [1.29, 1.82) is 0 Å². The predicted octanol–water partition coefficient (Wildman–Crippen LogP) is 2.40. The lowest BCUT2D eigenvalue weighted by Crippen LogP contribution is -2.39. The number of nitrogens with zero attached hydrogens (tertiary/aromatic N) is 1. The molecule has 0 bridgehead atoms. The number of fused-ring (bicyclic) bond motifs is 1. The average molecular weight is 309 g/mol. The molecule has 2 aromatic rings. The van der Waals surface area contributed by atoms with Gasteiger partial charge in [0.15, 0.2) is 5.16 Å². The molecule has 5 nitrogen and oxygen atoms in total. The molecule has 0 radical (unpaired) electrons. The summed E-state index contributed by atoms with van der Waals surface area (Å²) in [4.78, 5) is 7.79. The number of aliphatic hydroxyl groups is 1. The molecule has 1 aromatic carbocycles. The lowest BCUT2D eigenvalue weighted by atomic mass is 10.0. The molecule has 4 N–H and O–H groups in total. The minimum Gasteiger partial charge on any atom is -0.494 e. The molecule has 1 aromatic heterocycles. The Balaban J connectivity index is 2.18. The number of hydrogen-bond donors (Lipinski definition) is 3. The summed E-state index contributed by atoms with van der Waals surface area (Å²) in [5, 5.41) is 10.2. The van der Waals surface area contributed by atoms with Crippen molar-refractivity contribution < 1.29 is 9.84 Å². The first-order valence-corrected chi connectivity index (χ1v) is 8.08. The van der Waals surface area contributed by atoms with E-state index in [0.717, 1.165) is 21.9 Å². The molecule has 0 saturated carbocycles. The van der Waals surface area contributed by atoms with Crippen LogP contribution in [0.25, 0.3) is 11.0 Å². The van der Waals surface area contributed by atoms with E-state index in [0.29, 0.717) is 12.5 Å². The van der Waals surface area contributed by atoms with Crippen LogP contribution in [-0.2, 0) is 0 Å². The molecule has 0 aliphatic rings. The number of aliphatic hydroxyl groups excluding tert-OH is 1. The van der Waals surface area contributed by atoms with Crippen molar-refractivity contribution >= 4 is 22.8 Å². The minimum absolute atomic E-state index is 0.0330. The highest BCUT2D eigenvalue weighted by Gasteiger charge is 2.22. The van der Waals surface area contributed by atoms with Crippen LogP contribution in [0.3, 0.4) is 0 Å². The standard InChI is InChI=1S/C15H23N3O2S/c1-4-20-10-5-6-11-12(7-10)18-15(17-11)21-13(8-19)14(16)9(2)3/h5-7,9,13-14,19H,4,8,16H2,1-3H3,(H,17,18). The first kappa shape index (κ1) is 16.1. The Bertz CT molecular complexity index is 585. The SMILES string of the molecule is CCOc1ccc2nc(SC(CO)C(N)C(C)C)[nH]c2c1. The highest BCUT2D eigenvalue weighted by molar-refractivity contribution is 7.99. The third kappa shape index (κ3) is 3.90. The van der Waals surface area contributed by atoms with E-state index in [1.807, 2.05) is 25.1 Å². The molecule has 0 spiro atoms. The highest BCUT2D eigenvalue weighted by Crippen LogP contribution is 2.28. The summed E-state index contributed by atoms with van der Waals surface area (Å²) in [7, 11) is 0. The molecule has 21 heavy (non-hydrogen) atoms. The molecule has 6 heteroatoms. The van der Waals surface area contributed by atoms with E-state index >= 15 is 0 Å². The van der Waals surface area contributed by atoms with Gasteiger partial charge in [-0.1, -0.05) is 25.6 Å². The van der Waals surface area contributed by atoms with Crippen LogP contribution < -0.4 is 10.5 Å². The molecule has 0 amide bonds. The molecule has 2 atom stereocenters. The second-order valence-electron chi connectivity index (χ2n) is 5.31. The lowest BCUT2D eigenvalue weighted by Gasteiger charge is -2.23. The summed E-state index contributed by atoms with van der Waals surface area (Å²) >= 11 is 1.49. The van der Waals surface area contributed by atoms with Gasteiger partial charge in [0, 0.05) is 12.1 Å². The molecule has 2 rings (SSSR count). The molecular weight excluding hydrogens is 286 g/mol. The summed E-state index contributed by atoms with van der Waals surface area (Å²) in [6.45, 7) is 6.74. The van der Waals surface area contributed by atoms with Gasteiger partial charge in [0.25, 0.3) is 0 Å². The van der Waals surface area contributed by atoms with E-state index in [2.05, 4.69) is 23.8 Å². The Kier molecular flexibility index (Phi) is 5.50. The van der Waals surface area contributed by atoms with Gasteiger partial charge in [-0.05, 0) is 25.0 Å². The second kappa shape index (κ2) is 7.15. The topological polar surface area (TPSA) is 84.2 Å². The zero-order valence-corrected chi connectivity index (χ0v) is 13.5. The molecule has 2 unspecified atom stereocenters. The third-order valence-electron chi connectivity index (χ3n) is 3.38.